The number of nitrogens with zero attached hydrogens (tertiary/aromatic N) is 3. The zero-order chi connectivity index (χ0) is 30.0. The molecule has 246 valence electrons. The highest BCUT2D eigenvalue weighted by Crippen LogP contribution is 2.16. The Morgan fingerprint density at radius 1 is 0.310 bits per heavy atom. The van der Waals surface area contributed by atoms with Crippen LogP contribution in [0.25, 0.3) is 0 Å². The van der Waals surface area contributed by atoms with Crippen LogP contribution in [0.1, 0.15) is 231 Å². The number of aromatic nitrogens is 3. The summed E-state index contributed by atoms with van der Waals surface area (Å²) in [5, 5.41) is 0. The Morgan fingerprint density at radius 2 is 0.524 bits per heavy atom. The first kappa shape index (κ1) is 39.0. The Bertz CT molecular complexity index is 595. The van der Waals surface area contributed by atoms with Crippen molar-refractivity contribution in [2.75, 3.05) is 0 Å². The van der Waals surface area contributed by atoms with Crippen molar-refractivity contribution in [1.82, 2.24) is 15.0 Å². The highest BCUT2D eigenvalue weighted by molar-refractivity contribution is 4.91. The fourth-order valence-electron chi connectivity index (χ4n) is 6.27. The van der Waals surface area contributed by atoms with Crippen LogP contribution in [-0.2, 0) is 12.8 Å². The fourth-order valence-corrected chi connectivity index (χ4v) is 6.27. The van der Waals surface area contributed by atoms with Gasteiger partial charge in [0, 0.05) is 12.8 Å². The van der Waals surface area contributed by atoms with Crippen molar-refractivity contribution in [2.24, 2.45) is 0 Å². The Balaban J connectivity index is 1.84. The van der Waals surface area contributed by atoms with Gasteiger partial charge in [0.25, 0.3) is 0 Å². The van der Waals surface area contributed by atoms with Crippen molar-refractivity contribution in [1.29, 1.82) is 0 Å². The zero-order valence-electron chi connectivity index (χ0n) is 29.0. The minimum Gasteiger partial charge on any atom is -0.221 e. The third kappa shape index (κ3) is 27.8. The molecular formula is C39H75N3. The lowest BCUT2D eigenvalue weighted by molar-refractivity contribution is 0.527. The van der Waals surface area contributed by atoms with Gasteiger partial charge in [-0.05, 0) is 12.8 Å². The minimum atomic E-state index is 1.02. The van der Waals surface area contributed by atoms with E-state index in [1.54, 1.807) is 6.33 Å². The maximum absolute atomic E-state index is 4.77. The zero-order valence-corrected chi connectivity index (χ0v) is 29.0. The summed E-state index contributed by atoms with van der Waals surface area (Å²) in [6.45, 7) is 4.60. The molecule has 0 spiro atoms. The molecule has 1 rings (SSSR count). The van der Waals surface area contributed by atoms with Crippen LogP contribution in [0.15, 0.2) is 6.33 Å². The Kier molecular flexibility index (Phi) is 30.6. The predicted octanol–water partition coefficient (Wildman–Crippen LogP) is 13.5. The second kappa shape index (κ2) is 32.9. The summed E-state index contributed by atoms with van der Waals surface area (Å²) in [4.78, 5) is 13.7. The molecule has 0 N–H and O–H groups in total. The summed E-state index contributed by atoms with van der Waals surface area (Å²) in [6.07, 6.45) is 49.0. The molecule has 1 aromatic heterocycles. The van der Waals surface area contributed by atoms with Crippen molar-refractivity contribution in [2.45, 2.75) is 232 Å². The van der Waals surface area contributed by atoms with Crippen LogP contribution in [0.5, 0.6) is 0 Å². The van der Waals surface area contributed by atoms with E-state index in [1.807, 2.05) is 0 Å². The molecule has 42 heavy (non-hydrogen) atoms. The smallest absolute Gasteiger partial charge is 0.132 e. The first-order chi connectivity index (χ1) is 20.9. The van der Waals surface area contributed by atoms with Crippen LogP contribution in [0.4, 0.5) is 0 Å². The van der Waals surface area contributed by atoms with Crippen LogP contribution in [0.3, 0.4) is 0 Å². The van der Waals surface area contributed by atoms with Crippen LogP contribution >= 0.6 is 0 Å². The Labute approximate surface area is 264 Å². The van der Waals surface area contributed by atoms with Gasteiger partial charge in [0.05, 0.1) is 0 Å². The minimum absolute atomic E-state index is 1.02. The van der Waals surface area contributed by atoms with E-state index < -0.39 is 0 Å². The predicted molar refractivity (Wildman–Crippen MR) is 186 cm³/mol. The summed E-state index contributed by atoms with van der Waals surface area (Å²) >= 11 is 0. The average Bonchev–Trinajstić information content (AvgIpc) is 3.01. The molecule has 0 bridgehead atoms. The highest BCUT2D eigenvalue weighted by Gasteiger charge is 2.02. The van der Waals surface area contributed by atoms with Gasteiger partial charge in [-0.1, -0.05) is 206 Å². The van der Waals surface area contributed by atoms with Crippen LogP contribution in [-0.4, -0.2) is 15.0 Å². The molecule has 0 aliphatic rings. The van der Waals surface area contributed by atoms with Gasteiger partial charge in [0.2, 0.25) is 0 Å². The maximum atomic E-state index is 4.77. The number of unbranched alkanes of at least 4 members (excludes halogenated alkanes) is 30. The van der Waals surface area contributed by atoms with E-state index in [1.165, 1.54) is 205 Å². The molecule has 3 heteroatoms. The van der Waals surface area contributed by atoms with Crippen LogP contribution in [0.2, 0.25) is 0 Å². The summed E-state index contributed by atoms with van der Waals surface area (Å²) in [6, 6.07) is 0. The van der Waals surface area contributed by atoms with E-state index in [9.17, 15) is 0 Å². The van der Waals surface area contributed by atoms with Gasteiger partial charge in [0.1, 0.15) is 18.0 Å². The van der Waals surface area contributed by atoms with Gasteiger partial charge < -0.3 is 0 Å². The molecule has 1 heterocycles. The molecule has 1 aromatic rings. The molecule has 0 fully saturated rings. The molecule has 0 aliphatic heterocycles. The molecule has 0 saturated heterocycles. The van der Waals surface area contributed by atoms with Crippen molar-refractivity contribution in [3.8, 4) is 0 Å². The Hall–Kier alpha value is -0.990. The largest absolute Gasteiger partial charge is 0.221 e. The van der Waals surface area contributed by atoms with Crippen molar-refractivity contribution < 1.29 is 0 Å². The molecule has 3 nitrogen and oxygen atoms in total. The summed E-state index contributed by atoms with van der Waals surface area (Å²) in [7, 11) is 0. The van der Waals surface area contributed by atoms with E-state index in [2.05, 4.69) is 23.8 Å². The van der Waals surface area contributed by atoms with Gasteiger partial charge in [-0.3, -0.25) is 0 Å². The lowest BCUT2D eigenvalue weighted by Crippen LogP contribution is -2.02. The third-order valence-corrected chi connectivity index (χ3v) is 9.18. The van der Waals surface area contributed by atoms with Crippen molar-refractivity contribution >= 4 is 0 Å². The van der Waals surface area contributed by atoms with E-state index in [4.69, 9.17) is 4.98 Å². The first-order valence-corrected chi connectivity index (χ1v) is 19.5. The normalized spacial score (nSPS) is 11.5. The second-order valence-corrected chi connectivity index (χ2v) is 13.4. The third-order valence-electron chi connectivity index (χ3n) is 9.18. The second-order valence-electron chi connectivity index (χ2n) is 13.4. The number of hydrogen-bond acceptors (Lipinski definition) is 3. The molecule has 0 atom stereocenters. The van der Waals surface area contributed by atoms with E-state index in [-0.39, 0.29) is 0 Å². The summed E-state index contributed by atoms with van der Waals surface area (Å²) in [5.41, 5.74) is 0. The number of aryl methyl sites for hydroxylation is 2. The Morgan fingerprint density at radius 3 is 0.762 bits per heavy atom. The van der Waals surface area contributed by atoms with Crippen molar-refractivity contribution in [3.63, 3.8) is 0 Å². The number of rotatable bonds is 34. The standard InChI is InChI=1S/C39H75N3/c1-3-5-7-9-11-13-15-17-19-21-23-25-27-29-31-33-35-38-40-37-41-39(42-38)36-34-32-30-28-26-24-22-20-18-16-14-12-10-8-6-4-2/h37H,3-36H2,1-2H3. The summed E-state index contributed by atoms with van der Waals surface area (Å²) in [5.74, 6) is 2.03. The lowest BCUT2D eigenvalue weighted by atomic mass is 10.0. The van der Waals surface area contributed by atoms with Gasteiger partial charge in [0.15, 0.2) is 0 Å². The van der Waals surface area contributed by atoms with Gasteiger partial charge in [-0.15, -0.1) is 0 Å². The molecule has 0 aliphatic carbocycles. The molecule has 0 unspecified atom stereocenters. The molecule has 0 saturated carbocycles. The highest BCUT2D eigenvalue weighted by atomic mass is 15.0. The molecule has 0 radical (unpaired) electrons. The van der Waals surface area contributed by atoms with Gasteiger partial charge in [-0.2, -0.15) is 0 Å². The first-order valence-electron chi connectivity index (χ1n) is 19.5. The van der Waals surface area contributed by atoms with E-state index in [0.29, 0.717) is 0 Å². The average molecular weight is 586 g/mol. The molecular weight excluding hydrogens is 510 g/mol. The van der Waals surface area contributed by atoms with E-state index in [0.717, 1.165) is 24.5 Å². The monoisotopic (exact) mass is 586 g/mol. The lowest BCUT2D eigenvalue weighted by Gasteiger charge is -2.05. The topological polar surface area (TPSA) is 38.7 Å². The van der Waals surface area contributed by atoms with Crippen LogP contribution in [0, 0.1) is 0 Å². The van der Waals surface area contributed by atoms with Gasteiger partial charge in [-0.25, -0.2) is 15.0 Å². The van der Waals surface area contributed by atoms with Crippen LogP contribution < -0.4 is 0 Å². The van der Waals surface area contributed by atoms with E-state index >= 15 is 0 Å². The van der Waals surface area contributed by atoms with Crippen molar-refractivity contribution in [3.05, 3.63) is 18.0 Å². The number of hydrogen-bond donors (Lipinski definition) is 0. The fraction of sp³-hybridized carbons (Fsp3) is 0.923. The quantitative estimate of drug-likeness (QED) is 0.0755. The maximum Gasteiger partial charge on any atom is 0.132 e. The summed E-state index contributed by atoms with van der Waals surface area (Å²) < 4.78 is 0. The molecule has 0 amide bonds. The molecule has 0 aromatic carbocycles. The van der Waals surface area contributed by atoms with Gasteiger partial charge >= 0.3 is 0 Å². The SMILES string of the molecule is CCCCCCCCCCCCCCCCCCc1ncnc(CCCCCCCCCCCCCCCCCC)n1.